The van der Waals surface area contributed by atoms with Gasteiger partial charge in [0, 0.05) is 12.8 Å². The minimum absolute atomic E-state index is 0.00214. The van der Waals surface area contributed by atoms with E-state index in [4.69, 9.17) is 9.47 Å². The van der Waals surface area contributed by atoms with Gasteiger partial charge in [0.1, 0.15) is 18.8 Å². The fourth-order valence-corrected chi connectivity index (χ4v) is 4.69. The Bertz CT molecular complexity index is 685. The summed E-state index contributed by atoms with van der Waals surface area (Å²) < 4.78 is 10.7. The Kier molecular flexibility index (Phi) is 26.0. The van der Waals surface area contributed by atoms with Gasteiger partial charge in [-0.25, -0.2) is 0 Å². The summed E-state index contributed by atoms with van der Waals surface area (Å²) in [7, 11) is 5.36. The molecule has 0 rings (SSSR count). The van der Waals surface area contributed by atoms with Crippen molar-refractivity contribution < 1.29 is 33.8 Å². The van der Waals surface area contributed by atoms with Crippen molar-refractivity contribution in [2.24, 2.45) is 0 Å². The van der Waals surface area contributed by atoms with E-state index in [1.54, 1.807) is 21.1 Å². The quantitative estimate of drug-likeness (QED) is 0.0484. The summed E-state index contributed by atoms with van der Waals surface area (Å²) in [5.74, 6) is -1.42. The number of unbranched alkanes of at least 4 members (excludes halogenated alkanes) is 14. The van der Waals surface area contributed by atoms with Crippen molar-refractivity contribution in [3.8, 4) is 0 Å². The van der Waals surface area contributed by atoms with E-state index in [2.05, 4.69) is 31.2 Å². The third-order valence-electron chi connectivity index (χ3n) is 7.32. The van der Waals surface area contributed by atoms with E-state index in [9.17, 15) is 19.8 Å². The van der Waals surface area contributed by atoms with E-state index in [0.29, 0.717) is 6.42 Å². The number of allylic oxidation sites excluding steroid dienone is 4. The zero-order valence-electron chi connectivity index (χ0n) is 27.0. The molecule has 41 heavy (non-hydrogen) atoms. The van der Waals surface area contributed by atoms with Crippen LogP contribution in [0.2, 0.25) is 0 Å². The van der Waals surface area contributed by atoms with Gasteiger partial charge in [-0.3, -0.25) is 4.79 Å². The van der Waals surface area contributed by atoms with Gasteiger partial charge in [0.2, 0.25) is 0 Å². The Morgan fingerprint density at radius 3 is 1.78 bits per heavy atom. The highest BCUT2D eigenvalue weighted by molar-refractivity contribution is 5.69. The second kappa shape index (κ2) is 27.2. The van der Waals surface area contributed by atoms with E-state index in [-0.39, 0.29) is 36.7 Å². The van der Waals surface area contributed by atoms with Crippen LogP contribution in [0.25, 0.3) is 0 Å². The number of carbonyl (C=O) groups excluding carboxylic acids is 2. The molecule has 0 saturated carbocycles. The number of ether oxygens (including phenoxy) is 2. The Hall–Kier alpha value is -1.70. The van der Waals surface area contributed by atoms with Crippen molar-refractivity contribution >= 4 is 11.9 Å². The normalized spacial score (nSPS) is 13.7. The number of likely N-dealkylation sites (N-methyl/N-ethyl adjacent to an activating group) is 1. The number of aliphatic hydroxyl groups is 1. The van der Waals surface area contributed by atoms with Crippen molar-refractivity contribution in [2.45, 2.75) is 141 Å². The number of carboxylic acids is 1. The standard InChI is InChI=1S/C34H63NO6/c1-5-6-7-8-9-10-11-12-13-14-15-16-17-18-19-20-21-22-23-24-25-26-33(37)41-30-31(36)29-40-28-27-32(34(38)39)35(2,3)4/h11-12,14-15,31-32,36H,5-10,13,16-30H2,1-4H3/b12-11-,15-14-. The molecule has 7 heteroatoms. The molecule has 1 N–H and O–H groups in total. The zero-order chi connectivity index (χ0) is 30.6. The van der Waals surface area contributed by atoms with Gasteiger partial charge in [-0.15, -0.1) is 0 Å². The largest absolute Gasteiger partial charge is 0.544 e. The summed E-state index contributed by atoms with van der Waals surface area (Å²) in [5.41, 5.74) is 0. The number of hydrogen-bond acceptors (Lipinski definition) is 6. The van der Waals surface area contributed by atoms with Gasteiger partial charge < -0.3 is 29.0 Å². The van der Waals surface area contributed by atoms with Gasteiger partial charge >= 0.3 is 5.97 Å². The predicted molar refractivity (Wildman–Crippen MR) is 166 cm³/mol. The molecule has 0 radical (unpaired) electrons. The number of nitrogens with zero attached hydrogens (tertiary/aromatic N) is 1. The molecule has 0 bridgehead atoms. The van der Waals surface area contributed by atoms with Crippen LogP contribution in [-0.2, 0) is 19.1 Å². The van der Waals surface area contributed by atoms with Gasteiger partial charge in [0.15, 0.2) is 0 Å². The number of carbonyl (C=O) groups is 2. The number of aliphatic hydroxyl groups excluding tert-OH is 1. The molecule has 0 aliphatic carbocycles. The molecule has 0 amide bonds. The first-order valence-corrected chi connectivity index (χ1v) is 16.4. The zero-order valence-corrected chi connectivity index (χ0v) is 27.0. The van der Waals surface area contributed by atoms with E-state index >= 15 is 0 Å². The van der Waals surface area contributed by atoms with Crippen LogP contribution in [0.3, 0.4) is 0 Å². The maximum absolute atomic E-state index is 11.9. The SMILES string of the molecule is CCCCCCC/C=C\C/C=C\CCCCCCCCCCCC(=O)OCC(O)COCCC(C(=O)[O-])[N+](C)(C)C. The monoisotopic (exact) mass is 581 g/mol. The van der Waals surface area contributed by atoms with Crippen LogP contribution >= 0.6 is 0 Å². The Morgan fingerprint density at radius 1 is 0.756 bits per heavy atom. The predicted octanol–water partition coefficient (Wildman–Crippen LogP) is 6.28. The topological polar surface area (TPSA) is 95.9 Å². The number of esters is 1. The molecule has 0 fully saturated rings. The van der Waals surface area contributed by atoms with Crippen molar-refractivity contribution in [3.63, 3.8) is 0 Å². The second-order valence-electron chi connectivity index (χ2n) is 12.3. The Labute approximate surface area is 252 Å². The van der Waals surface area contributed by atoms with Crippen molar-refractivity contribution in [1.82, 2.24) is 0 Å². The van der Waals surface area contributed by atoms with Crippen LogP contribution in [0, 0.1) is 0 Å². The van der Waals surface area contributed by atoms with Crippen molar-refractivity contribution in [2.75, 3.05) is 41.0 Å². The number of carboxylic acid groups (broad SMARTS) is 1. The lowest BCUT2D eigenvalue weighted by Crippen LogP contribution is -2.55. The van der Waals surface area contributed by atoms with E-state index < -0.39 is 18.1 Å². The van der Waals surface area contributed by atoms with Gasteiger partial charge in [-0.1, -0.05) is 102 Å². The Morgan fingerprint density at radius 2 is 1.27 bits per heavy atom. The average molecular weight is 582 g/mol. The minimum Gasteiger partial charge on any atom is -0.544 e. The lowest BCUT2D eigenvalue weighted by Gasteiger charge is -2.34. The van der Waals surface area contributed by atoms with Crippen molar-refractivity contribution in [1.29, 1.82) is 0 Å². The Balaban J connectivity index is 3.49. The summed E-state index contributed by atoms with van der Waals surface area (Å²) in [6.07, 6.45) is 29.9. The lowest BCUT2D eigenvalue weighted by atomic mass is 10.1. The molecule has 7 nitrogen and oxygen atoms in total. The minimum atomic E-state index is -1.12. The molecule has 2 atom stereocenters. The van der Waals surface area contributed by atoms with Crippen LogP contribution in [0.4, 0.5) is 0 Å². The molecule has 0 aromatic carbocycles. The van der Waals surface area contributed by atoms with E-state index in [0.717, 1.165) is 25.7 Å². The van der Waals surface area contributed by atoms with Crippen LogP contribution in [0.1, 0.15) is 129 Å². The molecule has 0 heterocycles. The van der Waals surface area contributed by atoms with E-state index in [1.807, 2.05) is 0 Å². The van der Waals surface area contributed by atoms with Crippen LogP contribution in [-0.4, -0.2) is 74.6 Å². The van der Waals surface area contributed by atoms with E-state index in [1.165, 1.54) is 83.5 Å². The first-order valence-electron chi connectivity index (χ1n) is 16.4. The number of hydrogen-bond donors (Lipinski definition) is 1. The molecule has 0 spiro atoms. The second-order valence-corrected chi connectivity index (χ2v) is 12.3. The maximum atomic E-state index is 11.9. The molecule has 0 aliphatic heterocycles. The fraction of sp³-hybridized carbons (Fsp3) is 0.824. The van der Waals surface area contributed by atoms with Crippen LogP contribution in [0.5, 0.6) is 0 Å². The van der Waals surface area contributed by atoms with Crippen LogP contribution < -0.4 is 5.11 Å². The van der Waals surface area contributed by atoms with Crippen molar-refractivity contribution in [3.05, 3.63) is 24.3 Å². The highest BCUT2D eigenvalue weighted by Crippen LogP contribution is 2.12. The fourth-order valence-electron chi connectivity index (χ4n) is 4.69. The molecule has 2 unspecified atom stereocenters. The third-order valence-corrected chi connectivity index (χ3v) is 7.32. The lowest BCUT2D eigenvalue weighted by molar-refractivity contribution is -0.889. The summed E-state index contributed by atoms with van der Waals surface area (Å²) in [6, 6.07) is -0.685. The van der Waals surface area contributed by atoms with Gasteiger partial charge in [-0.05, 0) is 38.5 Å². The number of rotatable bonds is 29. The molecule has 0 saturated heterocycles. The molecule has 0 aromatic heterocycles. The molecule has 0 aromatic rings. The van der Waals surface area contributed by atoms with Gasteiger partial charge in [0.05, 0.1) is 40.3 Å². The first kappa shape index (κ1) is 39.3. The summed E-state index contributed by atoms with van der Waals surface area (Å²) in [4.78, 5) is 23.1. The third kappa shape index (κ3) is 26.9. The maximum Gasteiger partial charge on any atom is 0.305 e. The van der Waals surface area contributed by atoms with Gasteiger partial charge in [-0.2, -0.15) is 0 Å². The summed E-state index contributed by atoms with van der Waals surface area (Å²) >= 11 is 0. The smallest absolute Gasteiger partial charge is 0.305 e. The molecular weight excluding hydrogens is 518 g/mol. The average Bonchev–Trinajstić information content (AvgIpc) is 2.91. The highest BCUT2D eigenvalue weighted by Gasteiger charge is 2.24. The molecule has 240 valence electrons. The van der Waals surface area contributed by atoms with Gasteiger partial charge in [0.25, 0.3) is 0 Å². The number of quaternary nitrogens is 1. The number of aliphatic carboxylic acids is 1. The molecule has 0 aliphatic rings. The summed E-state index contributed by atoms with van der Waals surface area (Å²) in [6.45, 7) is 2.34. The highest BCUT2D eigenvalue weighted by atomic mass is 16.5. The molecular formula is C34H63NO6. The first-order chi connectivity index (χ1) is 19.7. The summed E-state index contributed by atoms with van der Waals surface area (Å²) in [5, 5.41) is 21.2. The van der Waals surface area contributed by atoms with Crippen LogP contribution in [0.15, 0.2) is 24.3 Å².